The summed E-state index contributed by atoms with van der Waals surface area (Å²) in [5.74, 6) is 0.159. The molecule has 0 saturated carbocycles. The average molecular weight is 322 g/mol. The quantitative estimate of drug-likeness (QED) is 0.788. The van der Waals surface area contributed by atoms with Crippen LogP contribution in [0.15, 0.2) is 18.2 Å². The molecule has 128 valence electrons. The molecule has 1 aliphatic rings. The van der Waals surface area contributed by atoms with Crippen LogP contribution in [0, 0.1) is 0 Å². The van der Waals surface area contributed by atoms with Crippen molar-refractivity contribution in [2.75, 3.05) is 47.4 Å². The van der Waals surface area contributed by atoms with Crippen LogP contribution in [0.3, 0.4) is 0 Å². The van der Waals surface area contributed by atoms with Crippen LogP contribution in [0.4, 0.5) is 0 Å². The second kappa shape index (κ2) is 8.17. The lowest BCUT2D eigenvalue weighted by molar-refractivity contribution is -0.143. The number of aliphatic carboxylic acids is 1. The third-order valence-corrected chi connectivity index (χ3v) is 4.38. The minimum atomic E-state index is -0.906. The normalized spacial score (nSPS) is 16.5. The molecule has 23 heavy (non-hydrogen) atoms. The minimum Gasteiger partial charge on any atom is -0.496 e. The van der Waals surface area contributed by atoms with E-state index >= 15 is 0 Å². The van der Waals surface area contributed by atoms with E-state index in [1.807, 2.05) is 11.9 Å². The van der Waals surface area contributed by atoms with Crippen molar-refractivity contribution in [1.29, 1.82) is 0 Å². The Morgan fingerprint density at radius 1 is 1.26 bits per heavy atom. The van der Waals surface area contributed by atoms with E-state index in [2.05, 4.69) is 4.90 Å². The highest BCUT2D eigenvalue weighted by Crippen LogP contribution is 2.36. The van der Waals surface area contributed by atoms with E-state index in [0.717, 1.165) is 19.6 Å². The van der Waals surface area contributed by atoms with Gasteiger partial charge in [0.15, 0.2) is 0 Å². The highest BCUT2D eigenvalue weighted by Gasteiger charge is 2.31. The first kappa shape index (κ1) is 17.6. The summed E-state index contributed by atoms with van der Waals surface area (Å²) in [6.45, 7) is 3.75. The highest BCUT2D eigenvalue weighted by atomic mass is 16.5. The zero-order valence-electron chi connectivity index (χ0n) is 14.1. The summed E-state index contributed by atoms with van der Waals surface area (Å²) in [4.78, 5) is 16.1. The van der Waals surface area contributed by atoms with Crippen molar-refractivity contribution in [3.8, 4) is 11.5 Å². The van der Waals surface area contributed by atoms with Gasteiger partial charge in [0.25, 0.3) is 0 Å². The maximum absolute atomic E-state index is 11.9. The number of likely N-dealkylation sites (N-methyl/N-ethyl adjacent to an activating group) is 1. The van der Waals surface area contributed by atoms with Crippen LogP contribution in [0.5, 0.6) is 11.5 Å². The van der Waals surface area contributed by atoms with E-state index in [4.69, 9.17) is 9.47 Å². The van der Waals surface area contributed by atoms with Crippen molar-refractivity contribution in [1.82, 2.24) is 9.80 Å². The third-order valence-electron chi connectivity index (χ3n) is 4.38. The molecule has 0 radical (unpaired) electrons. The van der Waals surface area contributed by atoms with Crippen molar-refractivity contribution < 1.29 is 19.4 Å². The third kappa shape index (κ3) is 4.14. The Morgan fingerprint density at radius 3 is 2.30 bits per heavy atom. The first-order chi connectivity index (χ1) is 11.1. The molecule has 6 heteroatoms. The van der Waals surface area contributed by atoms with Gasteiger partial charge >= 0.3 is 5.97 Å². The molecule has 1 fully saturated rings. The zero-order chi connectivity index (χ0) is 16.8. The number of carboxylic acids is 1. The predicted octanol–water partition coefficient (Wildman–Crippen LogP) is 1.86. The summed E-state index contributed by atoms with van der Waals surface area (Å²) in [7, 11) is 4.92. The van der Waals surface area contributed by atoms with Gasteiger partial charge in [-0.25, -0.2) is 0 Å². The smallest absolute Gasteiger partial charge is 0.325 e. The molecule has 6 nitrogen and oxygen atoms in total. The predicted molar refractivity (Wildman–Crippen MR) is 88.2 cm³/mol. The molecule has 0 spiro atoms. The molecule has 1 aromatic carbocycles. The second-order valence-electron chi connectivity index (χ2n) is 5.85. The van der Waals surface area contributed by atoms with Crippen molar-refractivity contribution >= 4 is 5.97 Å². The number of hydrogen-bond acceptors (Lipinski definition) is 5. The number of ether oxygens (including phenoxy) is 2. The van der Waals surface area contributed by atoms with Crippen molar-refractivity contribution in [3.63, 3.8) is 0 Å². The van der Waals surface area contributed by atoms with Crippen LogP contribution in [0.1, 0.15) is 24.4 Å². The lowest BCUT2D eigenvalue weighted by Gasteiger charge is -2.29. The van der Waals surface area contributed by atoms with Crippen LogP contribution < -0.4 is 9.47 Å². The molecule has 0 bridgehead atoms. The minimum absolute atomic E-state index is 0.532. The summed E-state index contributed by atoms with van der Waals surface area (Å²) < 4.78 is 10.7. The molecule has 0 aromatic heterocycles. The average Bonchev–Trinajstić information content (AvgIpc) is 3.06. The van der Waals surface area contributed by atoms with E-state index in [-0.39, 0.29) is 0 Å². The molecule has 1 saturated heterocycles. The molecular weight excluding hydrogens is 296 g/mol. The first-order valence-electron chi connectivity index (χ1n) is 7.94. The van der Waals surface area contributed by atoms with E-state index in [9.17, 15) is 9.90 Å². The van der Waals surface area contributed by atoms with Gasteiger partial charge in [-0.05, 0) is 45.1 Å². The lowest BCUT2D eigenvalue weighted by atomic mass is 10.0. The maximum atomic E-state index is 11.9. The number of methoxy groups -OCH3 is 2. The molecule has 0 unspecified atom stereocenters. The molecule has 1 heterocycles. The summed E-state index contributed by atoms with van der Waals surface area (Å²) in [6.07, 6.45) is 2.46. The van der Waals surface area contributed by atoms with E-state index in [1.54, 1.807) is 32.4 Å². The van der Waals surface area contributed by atoms with Gasteiger partial charge in [-0.1, -0.05) is 6.07 Å². The number of benzene rings is 1. The number of carbonyl (C=O) groups is 1. The van der Waals surface area contributed by atoms with Crippen LogP contribution in [-0.4, -0.2) is 68.3 Å². The molecule has 1 N–H and O–H groups in total. The largest absolute Gasteiger partial charge is 0.496 e. The number of carboxylic acid groups (broad SMARTS) is 1. The van der Waals surface area contributed by atoms with E-state index < -0.39 is 12.0 Å². The lowest BCUT2D eigenvalue weighted by Crippen LogP contribution is -2.37. The van der Waals surface area contributed by atoms with Crippen LogP contribution in [0.2, 0.25) is 0 Å². The van der Waals surface area contributed by atoms with Crippen molar-refractivity contribution in [2.45, 2.75) is 18.9 Å². The number of hydrogen-bond donors (Lipinski definition) is 1. The first-order valence-corrected chi connectivity index (χ1v) is 7.94. The SMILES string of the molecule is COc1cccc(OC)c1[C@H](C(=O)O)N(C)CCN1CCCC1. The van der Waals surface area contributed by atoms with Crippen molar-refractivity contribution in [2.24, 2.45) is 0 Å². The van der Waals surface area contributed by atoms with Crippen molar-refractivity contribution in [3.05, 3.63) is 23.8 Å². The second-order valence-corrected chi connectivity index (χ2v) is 5.85. The Labute approximate surface area is 137 Å². The molecule has 1 aliphatic heterocycles. The van der Waals surface area contributed by atoms with E-state index in [0.29, 0.717) is 23.6 Å². The molecule has 0 amide bonds. The highest BCUT2D eigenvalue weighted by molar-refractivity contribution is 5.78. The molecule has 1 atom stereocenters. The monoisotopic (exact) mass is 322 g/mol. The summed E-state index contributed by atoms with van der Waals surface area (Å²) in [5, 5.41) is 9.76. The van der Waals surface area contributed by atoms with Gasteiger partial charge in [-0.2, -0.15) is 0 Å². The summed E-state index contributed by atoms with van der Waals surface area (Å²) in [6, 6.07) is 4.53. The Hall–Kier alpha value is -1.79. The van der Waals surface area contributed by atoms with Crippen LogP contribution >= 0.6 is 0 Å². The van der Waals surface area contributed by atoms with Gasteiger partial charge < -0.3 is 19.5 Å². The number of likely N-dealkylation sites (tertiary alicyclic amines) is 1. The van der Waals surface area contributed by atoms with Gasteiger partial charge in [0.1, 0.15) is 17.5 Å². The Balaban J connectivity index is 2.21. The van der Waals surface area contributed by atoms with Gasteiger partial charge in [0.05, 0.1) is 19.8 Å². The molecule has 0 aliphatic carbocycles. The van der Waals surface area contributed by atoms with Gasteiger partial charge in [-0.3, -0.25) is 9.69 Å². The standard InChI is InChI=1S/C17H26N2O4/c1-18(11-12-19-9-4-5-10-19)16(17(20)21)15-13(22-2)7-6-8-14(15)23-3/h6-8,16H,4-5,9-12H2,1-3H3,(H,20,21)/t16-/m1/s1. The summed E-state index contributed by atoms with van der Waals surface area (Å²) in [5.41, 5.74) is 0.564. The van der Waals surface area contributed by atoms with Gasteiger partial charge in [0, 0.05) is 13.1 Å². The number of rotatable bonds is 8. The van der Waals surface area contributed by atoms with E-state index in [1.165, 1.54) is 12.8 Å². The fourth-order valence-electron chi connectivity index (χ4n) is 3.12. The molecular formula is C17H26N2O4. The zero-order valence-corrected chi connectivity index (χ0v) is 14.1. The van der Waals surface area contributed by atoms with Gasteiger partial charge in [0.2, 0.25) is 0 Å². The Morgan fingerprint density at radius 2 is 1.83 bits per heavy atom. The fourth-order valence-corrected chi connectivity index (χ4v) is 3.12. The maximum Gasteiger partial charge on any atom is 0.325 e. The van der Waals surface area contributed by atoms with Crippen LogP contribution in [0.25, 0.3) is 0 Å². The molecule has 1 aromatic rings. The summed E-state index contributed by atoms with van der Waals surface area (Å²) >= 11 is 0. The van der Waals surface area contributed by atoms with Gasteiger partial charge in [-0.15, -0.1) is 0 Å². The molecule has 2 rings (SSSR count). The Bertz CT molecular complexity index is 507. The topological polar surface area (TPSA) is 62.2 Å². The fraction of sp³-hybridized carbons (Fsp3) is 0.588. The Kier molecular flexibility index (Phi) is 6.24. The number of nitrogens with zero attached hydrogens (tertiary/aromatic N) is 2. The van der Waals surface area contributed by atoms with Crippen LogP contribution in [-0.2, 0) is 4.79 Å².